The average molecular weight is 383 g/mol. The molecule has 2 aromatic rings. The number of halogens is 3. The number of alkyl halides is 3. The smallest absolute Gasteiger partial charge is 0.416 e. The summed E-state index contributed by atoms with van der Waals surface area (Å²) in [6.45, 7) is 0.509. The van der Waals surface area contributed by atoms with Gasteiger partial charge < -0.3 is 10.1 Å². The largest absolute Gasteiger partial charge is 0.497 e. The highest BCUT2D eigenvalue weighted by molar-refractivity contribution is 7.99. The van der Waals surface area contributed by atoms with Gasteiger partial charge in [-0.1, -0.05) is 30.3 Å². The molecule has 0 bridgehead atoms. The molecule has 1 N–H and O–H groups in total. The van der Waals surface area contributed by atoms with Gasteiger partial charge in [-0.2, -0.15) is 13.2 Å². The van der Waals surface area contributed by atoms with E-state index in [-0.39, 0.29) is 11.7 Å². The number of hydrogen-bond donors (Lipinski definition) is 1. The van der Waals surface area contributed by atoms with E-state index in [1.807, 2.05) is 24.3 Å². The summed E-state index contributed by atoms with van der Waals surface area (Å²) in [5.41, 5.74) is 0.970. The normalized spacial score (nSPS) is 11.2. The Kier molecular flexibility index (Phi) is 7.38. The highest BCUT2D eigenvalue weighted by atomic mass is 32.2. The van der Waals surface area contributed by atoms with Gasteiger partial charge in [0.1, 0.15) is 5.75 Å². The maximum Gasteiger partial charge on any atom is 0.416 e. The number of thioether (sulfide) groups is 1. The first-order valence-corrected chi connectivity index (χ1v) is 9.17. The SMILES string of the molecule is COc1ccc(CCNC(=O)CSCc2cccc(C(F)(F)F)c2)cc1. The van der Waals surface area contributed by atoms with Crippen molar-refractivity contribution in [1.82, 2.24) is 5.32 Å². The predicted octanol–water partition coefficient (Wildman–Crippen LogP) is 4.31. The van der Waals surface area contributed by atoms with Crippen molar-refractivity contribution < 1.29 is 22.7 Å². The number of carbonyl (C=O) groups is 1. The van der Waals surface area contributed by atoms with E-state index in [2.05, 4.69) is 5.32 Å². The second-order valence-electron chi connectivity index (χ2n) is 5.64. The van der Waals surface area contributed by atoms with Crippen molar-refractivity contribution in [2.45, 2.75) is 18.3 Å². The molecular formula is C19H20F3NO2S. The number of ether oxygens (including phenoxy) is 1. The number of amides is 1. The molecule has 3 nitrogen and oxygen atoms in total. The number of rotatable bonds is 8. The second-order valence-corrected chi connectivity index (χ2v) is 6.62. The molecule has 0 heterocycles. The third-order valence-electron chi connectivity index (χ3n) is 3.65. The Balaban J connectivity index is 1.69. The summed E-state index contributed by atoms with van der Waals surface area (Å²) in [5, 5.41) is 2.81. The molecule has 0 unspecified atom stereocenters. The summed E-state index contributed by atoms with van der Waals surface area (Å²) >= 11 is 1.29. The van der Waals surface area contributed by atoms with E-state index in [9.17, 15) is 18.0 Å². The van der Waals surface area contributed by atoms with Crippen molar-refractivity contribution in [3.05, 3.63) is 65.2 Å². The summed E-state index contributed by atoms with van der Waals surface area (Å²) < 4.78 is 43.1. The molecule has 2 rings (SSSR count). The summed E-state index contributed by atoms with van der Waals surface area (Å²) in [5.74, 6) is 1.22. The van der Waals surface area contributed by atoms with Crippen LogP contribution in [0.1, 0.15) is 16.7 Å². The van der Waals surface area contributed by atoms with Crippen LogP contribution in [0, 0.1) is 0 Å². The molecule has 0 spiro atoms. The van der Waals surface area contributed by atoms with Gasteiger partial charge in [-0.3, -0.25) is 4.79 Å². The number of methoxy groups -OCH3 is 1. The number of hydrogen-bond acceptors (Lipinski definition) is 3. The maximum atomic E-state index is 12.7. The van der Waals surface area contributed by atoms with E-state index in [0.717, 1.165) is 23.4 Å². The quantitative estimate of drug-likeness (QED) is 0.738. The highest BCUT2D eigenvalue weighted by Crippen LogP contribution is 2.30. The Morgan fingerprint density at radius 1 is 1.12 bits per heavy atom. The zero-order valence-corrected chi connectivity index (χ0v) is 15.1. The molecule has 0 radical (unpaired) electrons. The van der Waals surface area contributed by atoms with Crippen molar-refractivity contribution in [2.24, 2.45) is 0 Å². The average Bonchev–Trinajstić information content (AvgIpc) is 2.62. The Morgan fingerprint density at radius 2 is 1.85 bits per heavy atom. The molecule has 2 aromatic carbocycles. The lowest BCUT2D eigenvalue weighted by Crippen LogP contribution is -2.27. The van der Waals surface area contributed by atoms with Crippen molar-refractivity contribution >= 4 is 17.7 Å². The van der Waals surface area contributed by atoms with Crippen LogP contribution in [0.4, 0.5) is 13.2 Å². The molecule has 7 heteroatoms. The van der Waals surface area contributed by atoms with Crippen LogP contribution in [0.2, 0.25) is 0 Å². The first-order valence-electron chi connectivity index (χ1n) is 8.02. The molecule has 0 fully saturated rings. The van der Waals surface area contributed by atoms with Crippen LogP contribution in [0.15, 0.2) is 48.5 Å². The molecule has 0 saturated heterocycles. The minimum Gasteiger partial charge on any atom is -0.497 e. The van der Waals surface area contributed by atoms with E-state index in [0.29, 0.717) is 24.3 Å². The lowest BCUT2D eigenvalue weighted by molar-refractivity contribution is -0.137. The van der Waals surface area contributed by atoms with E-state index < -0.39 is 11.7 Å². The van der Waals surface area contributed by atoms with Crippen LogP contribution in [0.3, 0.4) is 0 Å². The van der Waals surface area contributed by atoms with Gasteiger partial charge in [-0.15, -0.1) is 11.8 Å². The second kappa shape index (κ2) is 9.52. The fourth-order valence-electron chi connectivity index (χ4n) is 2.29. The third-order valence-corrected chi connectivity index (χ3v) is 4.65. The van der Waals surface area contributed by atoms with Crippen LogP contribution in [0.5, 0.6) is 5.75 Å². The summed E-state index contributed by atoms with van der Waals surface area (Å²) in [6, 6.07) is 12.8. The van der Waals surface area contributed by atoms with Crippen molar-refractivity contribution in [3.63, 3.8) is 0 Å². The standard InChI is InChI=1S/C19H20F3NO2S/c1-25-17-7-5-14(6-8-17)9-10-23-18(24)13-26-12-15-3-2-4-16(11-15)19(20,21)22/h2-8,11H,9-10,12-13H2,1H3,(H,23,24). The predicted molar refractivity (Wildman–Crippen MR) is 97.3 cm³/mol. The molecule has 26 heavy (non-hydrogen) atoms. The lowest BCUT2D eigenvalue weighted by atomic mass is 10.1. The number of benzene rings is 2. The number of nitrogens with one attached hydrogen (secondary N) is 1. The Bertz CT molecular complexity index is 717. The molecule has 140 valence electrons. The molecule has 0 atom stereocenters. The van der Waals surface area contributed by atoms with E-state index in [1.54, 1.807) is 13.2 Å². The molecule has 1 amide bonds. The first kappa shape index (κ1) is 20.2. The Morgan fingerprint density at radius 3 is 2.50 bits per heavy atom. The third kappa shape index (κ3) is 6.63. The van der Waals surface area contributed by atoms with E-state index in [4.69, 9.17) is 4.74 Å². The first-order chi connectivity index (χ1) is 12.4. The van der Waals surface area contributed by atoms with Crippen molar-refractivity contribution in [1.29, 1.82) is 0 Å². The van der Waals surface area contributed by atoms with Gasteiger partial charge in [0.05, 0.1) is 18.4 Å². The van der Waals surface area contributed by atoms with Crippen LogP contribution in [0.25, 0.3) is 0 Å². The summed E-state index contributed by atoms with van der Waals surface area (Å²) in [6.07, 6.45) is -3.65. The molecule has 0 aliphatic carbocycles. The minimum atomic E-state index is -4.35. The Hall–Kier alpha value is -2.15. The monoisotopic (exact) mass is 383 g/mol. The lowest BCUT2D eigenvalue weighted by Gasteiger charge is -2.09. The Labute approximate surface area is 154 Å². The molecule has 0 aromatic heterocycles. The van der Waals surface area contributed by atoms with Gasteiger partial charge in [0, 0.05) is 12.3 Å². The zero-order chi connectivity index (χ0) is 19.0. The van der Waals surface area contributed by atoms with Gasteiger partial charge in [-0.25, -0.2) is 0 Å². The highest BCUT2D eigenvalue weighted by Gasteiger charge is 2.30. The topological polar surface area (TPSA) is 38.3 Å². The van der Waals surface area contributed by atoms with Crippen LogP contribution in [-0.2, 0) is 23.1 Å². The van der Waals surface area contributed by atoms with Gasteiger partial charge in [0.25, 0.3) is 0 Å². The van der Waals surface area contributed by atoms with Crippen LogP contribution >= 0.6 is 11.8 Å². The van der Waals surface area contributed by atoms with E-state index in [1.165, 1.54) is 17.8 Å². The van der Waals surface area contributed by atoms with Gasteiger partial charge >= 0.3 is 6.18 Å². The number of carbonyl (C=O) groups excluding carboxylic acids is 1. The van der Waals surface area contributed by atoms with Crippen LogP contribution < -0.4 is 10.1 Å². The molecule has 0 aliphatic heterocycles. The summed E-state index contributed by atoms with van der Waals surface area (Å²) in [4.78, 5) is 11.8. The molecular weight excluding hydrogens is 363 g/mol. The molecule has 0 aliphatic rings. The van der Waals surface area contributed by atoms with Gasteiger partial charge in [-0.05, 0) is 35.7 Å². The fraction of sp³-hybridized carbons (Fsp3) is 0.316. The minimum absolute atomic E-state index is 0.129. The summed E-state index contributed by atoms with van der Waals surface area (Å²) in [7, 11) is 1.60. The van der Waals surface area contributed by atoms with Crippen molar-refractivity contribution in [3.8, 4) is 5.75 Å². The maximum absolute atomic E-state index is 12.7. The van der Waals surface area contributed by atoms with Crippen LogP contribution in [-0.4, -0.2) is 25.3 Å². The van der Waals surface area contributed by atoms with E-state index >= 15 is 0 Å². The van der Waals surface area contributed by atoms with Gasteiger partial charge in [0.2, 0.25) is 5.91 Å². The van der Waals surface area contributed by atoms with Crippen molar-refractivity contribution in [2.75, 3.05) is 19.4 Å². The zero-order valence-electron chi connectivity index (χ0n) is 14.3. The van der Waals surface area contributed by atoms with Gasteiger partial charge in [0.15, 0.2) is 0 Å². The molecule has 0 saturated carbocycles. The fourth-order valence-corrected chi connectivity index (χ4v) is 3.09.